The van der Waals surface area contributed by atoms with Gasteiger partial charge in [0, 0.05) is 5.92 Å². The van der Waals surface area contributed by atoms with Gasteiger partial charge in [0.2, 0.25) is 5.78 Å². The first-order chi connectivity index (χ1) is 4.59. The van der Waals surface area contributed by atoms with Crippen LogP contribution in [0.25, 0.3) is 0 Å². The van der Waals surface area contributed by atoms with E-state index in [1.165, 1.54) is 7.11 Å². The first kappa shape index (κ1) is 9.10. The summed E-state index contributed by atoms with van der Waals surface area (Å²) in [5.74, 6) is -1.45. The lowest BCUT2D eigenvalue weighted by Crippen LogP contribution is -2.32. The van der Waals surface area contributed by atoms with Gasteiger partial charge in [-0.3, -0.25) is 14.4 Å². The van der Waals surface area contributed by atoms with Crippen molar-refractivity contribution >= 4 is 11.7 Å². The average molecular weight is 145 g/mol. The van der Waals surface area contributed by atoms with Gasteiger partial charge in [0.15, 0.2) is 0 Å². The number of rotatable bonds is 3. The third-order valence-corrected chi connectivity index (χ3v) is 0.943. The number of hydroxylamine groups is 1. The van der Waals surface area contributed by atoms with Crippen LogP contribution in [0, 0.1) is 5.92 Å². The second kappa shape index (κ2) is 4.00. The predicted molar refractivity (Wildman–Crippen MR) is 35.0 cm³/mol. The van der Waals surface area contributed by atoms with Gasteiger partial charge in [0.05, 0.1) is 7.11 Å². The number of hydrogen-bond acceptors (Lipinski definition) is 3. The number of hydrogen-bond donors (Lipinski definition) is 1. The Labute approximate surface area is 59.5 Å². The summed E-state index contributed by atoms with van der Waals surface area (Å²) in [6, 6.07) is 0. The quantitative estimate of drug-likeness (QED) is 0.445. The Morgan fingerprint density at radius 2 is 1.90 bits per heavy atom. The van der Waals surface area contributed by atoms with E-state index in [9.17, 15) is 9.59 Å². The smallest absolute Gasteiger partial charge is 0.288 e. The Morgan fingerprint density at radius 1 is 1.40 bits per heavy atom. The molecule has 0 aromatic heterocycles. The summed E-state index contributed by atoms with van der Waals surface area (Å²) in [4.78, 5) is 25.6. The predicted octanol–water partition coefficient (Wildman–Crippen LogP) is -0.111. The number of Topliss-reactive ketones (excluding diaryl/α,β-unsaturated/α-hetero) is 1. The second-order valence-corrected chi connectivity index (χ2v) is 2.15. The first-order valence-electron chi connectivity index (χ1n) is 2.96. The number of nitrogens with one attached hydrogen (secondary N) is 1. The molecule has 0 saturated carbocycles. The summed E-state index contributed by atoms with van der Waals surface area (Å²) >= 11 is 0. The standard InChI is InChI=1S/C6H11NO3/c1-4(2)5(8)6(9)7-10-3/h4H,1-3H3,(H,7,9). The molecule has 0 unspecified atom stereocenters. The van der Waals surface area contributed by atoms with Gasteiger partial charge >= 0.3 is 5.91 Å². The Kier molecular flexibility index (Phi) is 3.64. The van der Waals surface area contributed by atoms with Crippen molar-refractivity contribution in [2.45, 2.75) is 13.8 Å². The zero-order valence-electron chi connectivity index (χ0n) is 6.30. The molecule has 0 spiro atoms. The number of amides is 1. The van der Waals surface area contributed by atoms with Crippen LogP contribution in [0.4, 0.5) is 0 Å². The van der Waals surface area contributed by atoms with E-state index in [2.05, 4.69) is 4.84 Å². The van der Waals surface area contributed by atoms with Gasteiger partial charge in [-0.05, 0) is 0 Å². The maximum Gasteiger partial charge on any atom is 0.311 e. The minimum Gasteiger partial charge on any atom is -0.288 e. The van der Waals surface area contributed by atoms with E-state index < -0.39 is 11.7 Å². The molecule has 0 bridgehead atoms. The molecule has 0 atom stereocenters. The van der Waals surface area contributed by atoms with Gasteiger partial charge in [-0.15, -0.1) is 0 Å². The molecule has 1 amide bonds. The molecule has 0 aromatic rings. The molecule has 4 nitrogen and oxygen atoms in total. The molecule has 0 rings (SSSR count). The van der Waals surface area contributed by atoms with Crippen molar-refractivity contribution in [1.82, 2.24) is 5.48 Å². The van der Waals surface area contributed by atoms with Crippen LogP contribution in [-0.4, -0.2) is 18.8 Å². The van der Waals surface area contributed by atoms with Crippen LogP contribution >= 0.6 is 0 Å². The highest BCUT2D eigenvalue weighted by Crippen LogP contribution is 1.92. The monoisotopic (exact) mass is 145 g/mol. The largest absolute Gasteiger partial charge is 0.311 e. The molecule has 0 saturated heterocycles. The third-order valence-electron chi connectivity index (χ3n) is 0.943. The highest BCUT2D eigenvalue weighted by Gasteiger charge is 2.16. The lowest BCUT2D eigenvalue weighted by Gasteiger charge is -2.01. The van der Waals surface area contributed by atoms with Crippen LogP contribution in [0.5, 0.6) is 0 Å². The van der Waals surface area contributed by atoms with E-state index >= 15 is 0 Å². The number of carbonyl (C=O) groups is 2. The van der Waals surface area contributed by atoms with Crippen molar-refractivity contribution in [3.8, 4) is 0 Å². The summed E-state index contributed by atoms with van der Waals surface area (Å²) in [5.41, 5.74) is 1.94. The average Bonchev–Trinajstić information content (AvgIpc) is 1.87. The van der Waals surface area contributed by atoms with Crippen molar-refractivity contribution in [1.29, 1.82) is 0 Å². The highest BCUT2D eigenvalue weighted by atomic mass is 16.6. The Hall–Kier alpha value is -0.900. The number of ketones is 1. The van der Waals surface area contributed by atoms with Crippen molar-refractivity contribution in [3.63, 3.8) is 0 Å². The van der Waals surface area contributed by atoms with Gasteiger partial charge in [-0.2, -0.15) is 0 Å². The summed E-state index contributed by atoms with van der Waals surface area (Å²) < 4.78 is 0. The Bertz CT molecular complexity index is 142. The van der Waals surface area contributed by atoms with E-state index in [4.69, 9.17) is 0 Å². The Balaban J connectivity index is 3.83. The zero-order chi connectivity index (χ0) is 8.15. The fourth-order valence-corrected chi connectivity index (χ4v) is 0.405. The van der Waals surface area contributed by atoms with Gasteiger partial charge in [-0.1, -0.05) is 13.8 Å². The van der Waals surface area contributed by atoms with E-state index in [1.807, 2.05) is 5.48 Å². The van der Waals surface area contributed by atoms with Crippen molar-refractivity contribution in [3.05, 3.63) is 0 Å². The van der Waals surface area contributed by atoms with Crippen LogP contribution in [0.3, 0.4) is 0 Å². The van der Waals surface area contributed by atoms with E-state index in [1.54, 1.807) is 13.8 Å². The molecular weight excluding hydrogens is 134 g/mol. The van der Waals surface area contributed by atoms with Crippen LogP contribution in [0.2, 0.25) is 0 Å². The lowest BCUT2D eigenvalue weighted by atomic mass is 10.1. The van der Waals surface area contributed by atoms with Gasteiger partial charge in [0.1, 0.15) is 0 Å². The van der Waals surface area contributed by atoms with Crippen molar-refractivity contribution in [2.24, 2.45) is 5.92 Å². The molecule has 4 heteroatoms. The third kappa shape index (κ3) is 2.59. The topological polar surface area (TPSA) is 55.4 Å². The second-order valence-electron chi connectivity index (χ2n) is 2.15. The molecule has 58 valence electrons. The van der Waals surface area contributed by atoms with Crippen LogP contribution in [0.1, 0.15) is 13.8 Å². The zero-order valence-corrected chi connectivity index (χ0v) is 6.30. The maximum atomic E-state index is 10.7. The molecule has 0 radical (unpaired) electrons. The van der Waals surface area contributed by atoms with Crippen LogP contribution in [-0.2, 0) is 14.4 Å². The van der Waals surface area contributed by atoms with Crippen molar-refractivity contribution in [2.75, 3.05) is 7.11 Å². The molecule has 0 aliphatic carbocycles. The summed E-state index contributed by atoms with van der Waals surface area (Å²) in [6.07, 6.45) is 0. The SMILES string of the molecule is CONC(=O)C(=O)C(C)C. The molecule has 0 aliphatic heterocycles. The van der Waals surface area contributed by atoms with E-state index in [0.29, 0.717) is 0 Å². The minimum atomic E-state index is -0.697. The molecule has 10 heavy (non-hydrogen) atoms. The maximum absolute atomic E-state index is 10.7. The first-order valence-corrected chi connectivity index (χ1v) is 2.96. The molecule has 0 heterocycles. The molecule has 0 aliphatic rings. The summed E-state index contributed by atoms with van der Waals surface area (Å²) in [5, 5.41) is 0. The molecule has 0 fully saturated rings. The fourth-order valence-electron chi connectivity index (χ4n) is 0.405. The highest BCUT2D eigenvalue weighted by molar-refractivity contribution is 6.36. The fraction of sp³-hybridized carbons (Fsp3) is 0.667. The molecular formula is C6H11NO3. The van der Waals surface area contributed by atoms with Gasteiger partial charge in [0.25, 0.3) is 0 Å². The van der Waals surface area contributed by atoms with E-state index in [0.717, 1.165) is 0 Å². The lowest BCUT2D eigenvalue weighted by molar-refractivity contribution is -0.146. The minimum absolute atomic E-state index is 0.282. The molecule has 1 N–H and O–H groups in total. The summed E-state index contributed by atoms with van der Waals surface area (Å²) in [7, 11) is 1.28. The van der Waals surface area contributed by atoms with Gasteiger partial charge in [-0.25, -0.2) is 5.48 Å². The van der Waals surface area contributed by atoms with E-state index in [-0.39, 0.29) is 5.92 Å². The molecule has 0 aromatic carbocycles. The normalized spacial score (nSPS) is 9.60. The van der Waals surface area contributed by atoms with Crippen LogP contribution in [0.15, 0.2) is 0 Å². The Morgan fingerprint density at radius 3 is 2.20 bits per heavy atom. The number of carbonyl (C=O) groups excluding carboxylic acids is 2. The van der Waals surface area contributed by atoms with Gasteiger partial charge < -0.3 is 0 Å². The summed E-state index contributed by atoms with van der Waals surface area (Å²) in [6.45, 7) is 3.30. The van der Waals surface area contributed by atoms with Crippen molar-refractivity contribution < 1.29 is 14.4 Å². The van der Waals surface area contributed by atoms with Crippen LogP contribution < -0.4 is 5.48 Å².